The number of rotatable bonds is 2. The molecule has 4 rings (SSSR count). The summed E-state index contributed by atoms with van der Waals surface area (Å²) in [6, 6.07) is 1.79. The lowest BCUT2D eigenvalue weighted by atomic mass is 10.1. The fraction of sp³-hybridized carbons (Fsp3) is 0.571. The van der Waals surface area contributed by atoms with Gasteiger partial charge in [-0.25, -0.2) is 9.50 Å². The lowest BCUT2D eigenvalue weighted by molar-refractivity contribution is -0.130. The number of hydrogen-bond donors (Lipinski definition) is 0. The highest BCUT2D eigenvalue weighted by Crippen LogP contribution is 2.61. The van der Waals surface area contributed by atoms with Gasteiger partial charge >= 0.3 is 0 Å². The third-order valence-corrected chi connectivity index (χ3v) is 4.94. The van der Waals surface area contributed by atoms with Crippen molar-refractivity contribution >= 4 is 11.7 Å². The maximum atomic E-state index is 12.3. The van der Waals surface area contributed by atoms with Gasteiger partial charge in [-0.05, 0) is 23.3 Å². The molecule has 2 fully saturated rings. The summed E-state index contributed by atoms with van der Waals surface area (Å²) >= 11 is 0. The first-order valence-corrected chi connectivity index (χ1v) is 7.00. The molecular weight excluding hydrogens is 254 g/mol. The smallest absolute Gasteiger partial charge is 0.252 e. The summed E-state index contributed by atoms with van der Waals surface area (Å²) in [4.78, 5) is 22.6. The van der Waals surface area contributed by atoms with E-state index in [9.17, 15) is 4.79 Å². The molecule has 6 heteroatoms. The molecule has 0 aromatic carbocycles. The zero-order valence-corrected chi connectivity index (χ0v) is 11.7. The van der Waals surface area contributed by atoms with Crippen LogP contribution in [-0.4, -0.2) is 43.5 Å². The number of amides is 1. The van der Waals surface area contributed by atoms with Crippen LogP contribution in [0, 0.1) is 17.3 Å². The summed E-state index contributed by atoms with van der Waals surface area (Å²) < 4.78 is 1.60. The van der Waals surface area contributed by atoms with E-state index in [0.29, 0.717) is 28.9 Å². The van der Waals surface area contributed by atoms with E-state index in [1.54, 1.807) is 23.0 Å². The normalized spacial score (nSPS) is 26.8. The van der Waals surface area contributed by atoms with Gasteiger partial charge in [0.1, 0.15) is 0 Å². The molecule has 6 nitrogen and oxygen atoms in total. The van der Waals surface area contributed by atoms with Crippen molar-refractivity contribution < 1.29 is 4.79 Å². The Morgan fingerprint density at radius 1 is 1.40 bits per heavy atom. The molecule has 1 saturated heterocycles. The number of likely N-dealkylation sites (tertiary alicyclic amines) is 1. The van der Waals surface area contributed by atoms with Crippen LogP contribution in [0.25, 0.3) is 5.78 Å². The highest BCUT2D eigenvalue weighted by atomic mass is 16.2. The molecule has 0 spiro atoms. The van der Waals surface area contributed by atoms with Crippen LogP contribution < -0.4 is 0 Å². The first-order chi connectivity index (χ1) is 9.55. The largest absolute Gasteiger partial charge is 0.342 e. The molecule has 2 atom stereocenters. The quantitative estimate of drug-likeness (QED) is 0.810. The fourth-order valence-corrected chi connectivity index (χ4v) is 3.43. The van der Waals surface area contributed by atoms with Gasteiger partial charge in [-0.1, -0.05) is 13.8 Å². The minimum absolute atomic E-state index is 0.129. The van der Waals surface area contributed by atoms with Crippen molar-refractivity contribution in [1.29, 1.82) is 0 Å². The Kier molecular flexibility index (Phi) is 2.23. The van der Waals surface area contributed by atoms with Gasteiger partial charge in [0.15, 0.2) is 5.82 Å². The van der Waals surface area contributed by atoms with E-state index >= 15 is 0 Å². The number of carbonyl (C=O) groups is 1. The maximum Gasteiger partial charge on any atom is 0.252 e. The molecule has 2 aromatic rings. The summed E-state index contributed by atoms with van der Waals surface area (Å²) in [5.41, 5.74) is 0.433. The Balaban J connectivity index is 1.46. The van der Waals surface area contributed by atoms with E-state index in [-0.39, 0.29) is 12.3 Å². The average molecular weight is 271 g/mol. The Morgan fingerprint density at radius 3 is 2.85 bits per heavy atom. The number of piperidine rings is 1. The third-order valence-electron chi connectivity index (χ3n) is 4.94. The number of aromatic nitrogens is 4. The minimum atomic E-state index is 0.129. The first kappa shape index (κ1) is 11.8. The first-order valence-electron chi connectivity index (χ1n) is 7.00. The predicted octanol–water partition coefficient (Wildman–Crippen LogP) is 0.781. The van der Waals surface area contributed by atoms with Crippen LogP contribution in [0.2, 0.25) is 0 Å². The van der Waals surface area contributed by atoms with Crippen molar-refractivity contribution in [2.75, 3.05) is 13.1 Å². The van der Waals surface area contributed by atoms with Gasteiger partial charge in [0.2, 0.25) is 5.91 Å². The number of carbonyl (C=O) groups excluding carboxylic acids is 1. The SMILES string of the molecule is CC1(C)C2CN(C(=O)Cc3nc4ncccn4n3)CC21. The van der Waals surface area contributed by atoms with Gasteiger partial charge < -0.3 is 4.90 Å². The molecule has 2 aromatic heterocycles. The Bertz CT molecular complexity index is 645. The molecular formula is C14H17N5O. The standard InChI is InChI=1S/C14H17N5O/c1-14(2)9-7-18(8-10(9)14)12(20)6-11-16-13-15-4-3-5-19(13)17-11/h3-5,9-10H,6-8H2,1-2H3. The number of fused-ring (bicyclic) bond motifs is 2. The monoisotopic (exact) mass is 271 g/mol. The summed E-state index contributed by atoms with van der Waals surface area (Å²) in [5, 5.41) is 4.28. The highest BCUT2D eigenvalue weighted by molar-refractivity contribution is 5.78. The summed E-state index contributed by atoms with van der Waals surface area (Å²) in [7, 11) is 0. The fourth-order valence-electron chi connectivity index (χ4n) is 3.43. The van der Waals surface area contributed by atoms with Crippen molar-refractivity contribution in [3.63, 3.8) is 0 Å². The lowest BCUT2D eigenvalue weighted by Crippen LogP contribution is -2.34. The molecule has 1 saturated carbocycles. The molecule has 104 valence electrons. The predicted molar refractivity (Wildman–Crippen MR) is 71.8 cm³/mol. The van der Waals surface area contributed by atoms with Crippen LogP contribution in [0.1, 0.15) is 19.7 Å². The van der Waals surface area contributed by atoms with Crippen LogP contribution in [0.3, 0.4) is 0 Å². The van der Waals surface area contributed by atoms with Crippen molar-refractivity contribution in [3.05, 3.63) is 24.3 Å². The van der Waals surface area contributed by atoms with Crippen LogP contribution in [0.5, 0.6) is 0 Å². The molecule has 2 unspecified atom stereocenters. The second-order valence-electron chi connectivity index (χ2n) is 6.40. The van der Waals surface area contributed by atoms with Gasteiger partial charge in [-0.2, -0.15) is 4.98 Å². The van der Waals surface area contributed by atoms with E-state index in [2.05, 4.69) is 28.9 Å². The van der Waals surface area contributed by atoms with Gasteiger partial charge in [0, 0.05) is 25.5 Å². The molecule has 1 amide bonds. The molecule has 1 aliphatic carbocycles. The third kappa shape index (κ3) is 1.63. The molecule has 0 N–H and O–H groups in total. The molecule has 3 heterocycles. The van der Waals surface area contributed by atoms with Crippen LogP contribution >= 0.6 is 0 Å². The van der Waals surface area contributed by atoms with Crippen molar-refractivity contribution in [3.8, 4) is 0 Å². The van der Waals surface area contributed by atoms with Crippen molar-refractivity contribution in [2.24, 2.45) is 17.3 Å². The van der Waals surface area contributed by atoms with Crippen LogP contribution in [-0.2, 0) is 11.2 Å². The second-order valence-corrected chi connectivity index (χ2v) is 6.40. The van der Waals surface area contributed by atoms with Crippen molar-refractivity contribution in [2.45, 2.75) is 20.3 Å². The average Bonchev–Trinajstić information content (AvgIpc) is 2.86. The van der Waals surface area contributed by atoms with Crippen LogP contribution in [0.4, 0.5) is 0 Å². The highest BCUT2D eigenvalue weighted by Gasteiger charge is 2.62. The van der Waals surface area contributed by atoms with Gasteiger partial charge in [-0.3, -0.25) is 4.79 Å². The van der Waals surface area contributed by atoms with E-state index in [0.717, 1.165) is 13.1 Å². The van der Waals surface area contributed by atoms with E-state index in [4.69, 9.17) is 0 Å². The summed E-state index contributed by atoms with van der Waals surface area (Å²) in [6.45, 7) is 6.36. The molecule has 2 aliphatic rings. The van der Waals surface area contributed by atoms with Gasteiger partial charge in [-0.15, -0.1) is 5.10 Å². The van der Waals surface area contributed by atoms with E-state index < -0.39 is 0 Å². The molecule has 0 radical (unpaired) electrons. The minimum Gasteiger partial charge on any atom is -0.342 e. The summed E-state index contributed by atoms with van der Waals surface area (Å²) in [6.07, 6.45) is 3.73. The van der Waals surface area contributed by atoms with Gasteiger partial charge in [0.25, 0.3) is 5.78 Å². The van der Waals surface area contributed by atoms with Gasteiger partial charge in [0.05, 0.1) is 6.42 Å². The number of nitrogens with zero attached hydrogens (tertiary/aromatic N) is 5. The van der Waals surface area contributed by atoms with Crippen LogP contribution in [0.15, 0.2) is 18.5 Å². The summed E-state index contributed by atoms with van der Waals surface area (Å²) in [5.74, 6) is 2.59. The van der Waals surface area contributed by atoms with E-state index in [1.807, 2.05) is 4.90 Å². The zero-order valence-electron chi connectivity index (χ0n) is 11.7. The number of hydrogen-bond acceptors (Lipinski definition) is 4. The Labute approximate surface area is 116 Å². The lowest BCUT2D eigenvalue weighted by Gasteiger charge is -2.21. The zero-order chi connectivity index (χ0) is 13.9. The molecule has 20 heavy (non-hydrogen) atoms. The Morgan fingerprint density at radius 2 is 2.15 bits per heavy atom. The molecule has 0 bridgehead atoms. The second kappa shape index (κ2) is 3.77. The maximum absolute atomic E-state index is 12.3. The van der Waals surface area contributed by atoms with E-state index in [1.165, 1.54) is 0 Å². The van der Waals surface area contributed by atoms with Crippen molar-refractivity contribution in [1.82, 2.24) is 24.5 Å². The topological polar surface area (TPSA) is 63.4 Å². The Hall–Kier alpha value is -1.98. The molecule has 1 aliphatic heterocycles.